The van der Waals surface area contributed by atoms with Gasteiger partial charge in [-0.3, -0.25) is 9.78 Å². The van der Waals surface area contributed by atoms with Gasteiger partial charge in [0, 0.05) is 18.3 Å². The lowest BCUT2D eigenvalue weighted by atomic mass is 9.93. The van der Waals surface area contributed by atoms with Crippen LogP contribution in [0.15, 0.2) is 35.0 Å². The first-order valence-corrected chi connectivity index (χ1v) is 9.30. The van der Waals surface area contributed by atoms with Crippen molar-refractivity contribution >= 4 is 5.91 Å². The lowest BCUT2D eigenvalue weighted by Gasteiger charge is -2.33. The standard InChI is InChI=1S/C20H27N3O2/c1-15(2)12-17-13-19(25-22-17)20(24)23(18-9-4-3-5-10-18)14-16-8-6-7-11-21-16/h6-8,11,13,15,18H,3-5,9-10,12,14H2,1-2H3. The van der Waals surface area contributed by atoms with Gasteiger partial charge in [-0.25, -0.2) is 0 Å². The van der Waals surface area contributed by atoms with Crippen molar-refractivity contribution in [3.05, 3.63) is 47.6 Å². The van der Waals surface area contributed by atoms with Gasteiger partial charge in [-0.2, -0.15) is 0 Å². The Morgan fingerprint density at radius 2 is 2.04 bits per heavy atom. The smallest absolute Gasteiger partial charge is 0.293 e. The molecule has 0 N–H and O–H groups in total. The van der Waals surface area contributed by atoms with Crippen LogP contribution in [0.4, 0.5) is 0 Å². The number of hydrogen-bond acceptors (Lipinski definition) is 4. The second-order valence-electron chi connectivity index (χ2n) is 7.33. The van der Waals surface area contributed by atoms with E-state index in [2.05, 4.69) is 24.0 Å². The molecule has 1 saturated carbocycles. The third-order valence-corrected chi connectivity index (χ3v) is 4.72. The molecule has 1 aliphatic rings. The fourth-order valence-corrected chi connectivity index (χ4v) is 3.49. The van der Waals surface area contributed by atoms with Gasteiger partial charge in [0.05, 0.1) is 17.9 Å². The van der Waals surface area contributed by atoms with Gasteiger partial charge in [0.25, 0.3) is 5.91 Å². The predicted octanol–water partition coefficient (Wildman–Crippen LogP) is 4.24. The Morgan fingerprint density at radius 3 is 2.72 bits per heavy atom. The quantitative estimate of drug-likeness (QED) is 0.788. The van der Waals surface area contributed by atoms with Crippen molar-refractivity contribution in [1.29, 1.82) is 0 Å². The van der Waals surface area contributed by atoms with E-state index in [-0.39, 0.29) is 11.9 Å². The van der Waals surface area contributed by atoms with Crippen molar-refractivity contribution in [2.45, 2.75) is 65.0 Å². The number of rotatable bonds is 6. The first kappa shape index (κ1) is 17.6. The summed E-state index contributed by atoms with van der Waals surface area (Å²) >= 11 is 0. The lowest BCUT2D eigenvalue weighted by Crippen LogP contribution is -2.41. The van der Waals surface area contributed by atoms with Gasteiger partial charge in [0.1, 0.15) is 0 Å². The summed E-state index contributed by atoms with van der Waals surface area (Å²) in [6.45, 7) is 4.78. The third kappa shape index (κ3) is 4.68. The molecular formula is C20H27N3O2. The van der Waals surface area contributed by atoms with Crippen molar-refractivity contribution < 1.29 is 9.32 Å². The number of carbonyl (C=O) groups excluding carboxylic acids is 1. The Kier molecular flexibility index (Phi) is 5.84. The molecule has 5 heteroatoms. The van der Waals surface area contributed by atoms with Crippen LogP contribution in [0.1, 0.15) is 67.9 Å². The van der Waals surface area contributed by atoms with E-state index in [0.717, 1.165) is 30.7 Å². The summed E-state index contributed by atoms with van der Waals surface area (Å²) in [5.41, 5.74) is 1.75. The van der Waals surface area contributed by atoms with Crippen LogP contribution in [0.5, 0.6) is 0 Å². The van der Waals surface area contributed by atoms with Crippen LogP contribution in [0.2, 0.25) is 0 Å². The maximum atomic E-state index is 13.1. The number of aromatic nitrogens is 2. The molecule has 0 unspecified atom stereocenters. The summed E-state index contributed by atoms with van der Waals surface area (Å²) in [6, 6.07) is 7.87. The molecule has 3 rings (SSSR count). The normalized spacial score (nSPS) is 15.5. The van der Waals surface area contributed by atoms with E-state index >= 15 is 0 Å². The van der Waals surface area contributed by atoms with Crippen LogP contribution >= 0.6 is 0 Å². The van der Waals surface area contributed by atoms with Crippen molar-refractivity contribution in [1.82, 2.24) is 15.0 Å². The highest BCUT2D eigenvalue weighted by atomic mass is 16.5. The van der Waals surface area contributed by atoms with Crippen molar-refractivity contribution in [3.8, 4) is 0 Å². The molecule has 0 radical (unpaired) electrons. The highest BCUT2D eigenvalue weighted by Gasteiger charge is 2.29. The summed E-state index contributed by atoms with van der Waals surface area (Å²) in [6.07, 6.45) is 8.28. The van der Waals surface area contributed by atoms with Gasteiger partial charge in [-0.05, 0) is 37.3 Å². The van der Waals surface area contributed by atoms with Crippen molar-refractivity contribution in [2.75, 3.05) is 0 Å². The zero-order valence-corrected chi connectivity index (χ0v) is 15.1. The molecule has 1 fully saturated rings. The second-order valence-corrected chi connectivity index (χ2v) is 7.33. The Balaban J connectivity index is 1.79. The Bertz CT molecular complexity index is 675. The van der Waals surface area contributed by atoms with E-state index < -0.39 is 0 Å². The lowest BCUT2D eigenvalue weighted by molar-refractivity contribution is 0.0569. The minimum Gasteiger partial charge on any atom is -0.351 e. The number of carbonyl (C=O) groups is 1. The van der Waals surface area contributed by atoms with Gasteiger partial charge in [0.15, 0.2) is 0 Å². The molecule has 0 aromatic carbocycles. The maximum Gasteiger partial charge on any atom is 0.293 e. The van der Waals surface area contributed by atoms with Gasteiger partial charge >= 0.3 is 0 Å². The van der Waals surface area contributed by atoms with Gasteiger partial charge in [-0.15, -0.1) is 0 Å². The molecule has 25 heavy (non-hydrogen) atoms. The Hall–Kier alpha value is -2.17. The SMILES string of the molecule is CC(C)Cc1cc(C(=O)N(Cc2ccccn2)C2CCCCC2)on1. The Labute approximate surface area is 149 Å². The van der Waals surface area contributed by atoms with Gasteiger partial charge < -0.3 is 9.42 Å². The zero-order chi connectivity index (χ0) is 17.6. The molecule has 2 aromatic rings. The molecule has 1 amide bonds. The minimum absolute atomic E-state index is 0.0694. The minimum atomic E-state index is -0.0694. The summed E-state index contributed by atoms with van der Waals surface area (Å²) < 4.78 is 5.38. The summed E-state index contributed by atoms with van der Waals surface area (Å²) in [4.78, 5) is 19.4. The van der Waals surface area contributed by atoms with E-state index in [0.29, 0.717) is 18.2 Å². The molecule has 2 aromatic heterocycles. The van der Waals surface area contributed by atoms with E-state index in [4.69, 9.17) is 4.52 Å². The number of hydrogen-bond donors (Lipinski definition) is 0. The average molecular weight is 341 g/mol. The fraction of sp³-hybridized carbons (Fsp3) is 0.550. The molecular weight excluding hydrogens is 314 g/mol. The molecule has 1 aliphatic carbocycles. The average Bonchev–Trinajstić information content (AvgIpc) is 3.08. The zero-order valence-electron chi connectivity index (χ0n) is 15.1. The number of nitrogens with zero attached hydrogens (tertiary/aromatic N) is 3. The summed E-state index contributed by atoms with van der Waals surface area (Å²) in [7, 11) is 0. The number of pyridine rings is 1. The van der Waals surface area contributed by atoms with Crippen molar-refractivity contribution in [3.63, 3.8) is 0 Å². The highest BCUT2D eigenvalue weighted by molar-refractivity contribution is 5.91. The van der Waals surface area contributed by atoms with Crippen LogP contribution < -0.4 is 0 Å². The maximum absolute atomic E-state index is 13.1. The van der Waals surface area contributed by atoms with Crippen LogP contribution in [-0.2, 0) is 13.0 Å². The van der Waals surface area contributed by atoms with Gasteiger partial charge in [0.2, 0.25) is 5.76 Å². The van der Waals surface area contributed by atoms with Crippen molar-refractivity contribution in [2.24, 2.45) is 5.92 Å². The molecule has 0 atom stereocenters. The first-order chi connectivity index (χ1) is 12.1. The molecule has 2 heterocycles. The van der Waals surface area contributed by atoms with Crippen LogP contribution in [0.3, 0.4) is 0 Å². The Morgan fingerprint density at radius 1 is 1.24 bits per heavy atom. The van der Waals surface area contributed by atoms with E-state index in [1.807, 2.05) is 23.1 Å². The number of amides is 1. The van der Waals surface area contributed by atoms with E-state index in [9.17, 15) is 4.79 Å². The molecule has 134 valence electrons. The van der Waals surface area contributed by atoms with Crippen LogP contribution in [-0.4, -0.2) is 27.0 Å². The topological polar surface area (TPSA) is 59.2 Å². The van der Waals surface area contributed by atoms with Crippen LogP contribution in [0, 0.1) is 5.92 Å². The summed E-state index contributed by atoms with van der Waals surface area (Å²) in [5.74, 6) is 0.758. The first-order valence-electron chi connectivity index (χ1n) is 9.30. The highest BCUT2D eigenvalue weighted by Crippen LogP contribution is 2.25. The largest absolute Gasteiger partial charge is 0.351 e. The molecule has 0 saturated heterocycles. The third-order valence-electron chi connectivity index (χ3n) is 4.72. The predicted molar refractivity (Wildman–Crippen MR) is 96.0 cm³/mol. The van der Waals surface area contributed by atoms with Crippen LogP contribution in [0.25, 0.3) is 0 Å². The molecule has 0 spiro atoms. The monoisotopic (exact) mass is 341 g/mol. The van der Waals surface area contributed by atoms with E-state index in [1.165, 1.54) is 19.3 Å². The van der Waals surface area contributed by atoms with E-state index in [1.54, 1.807) is 12.3 Å². The second kappa shape index (κ2) is 8.28. The molecule has 0 aliphatic heterocycles. The molecule has 0 bridgehead atoms. The molecule has 5 nitrogen and oxygen atoms in total. The fourth-order valence-electron chi connectivity index (χ4n) is 3.49. The summed E-state index contributed by atoms with van der Waals surface area (Å²) in [5, 5.41) is 4.07. The van der Waals surface area contributed by atoms with Gasteiger partial charge in [-0.1, -0.05) is 44.3 Å².